The molecule has 10 nitrogen and oxygen atoms in total. The van der Waals surface area contributed by atoms with Gasteiger partial charge in [-0.2, -0.15) is 0 Å². The van der Waals surface area contributed by atoms with Crippen LogP contribution in [0.4, 0.5) is 13.9 Å². The minimum atomic E-state index is -2.85. The number of hydrogen-bond donors (Lipinski definition) is 1. The smallest absolute Gasteiger partial charge is 0.280 e. The highest BCUT2D eigenvalue weighted by atomic mass is 32.1. The Morgan fingerprint density at radius 3 is 2.78 bits per heavy atom. The van der Waals surface area contributed by atoms with E-state index in [1.165, 1.54) is 53.6 Å². The molecule has 1 aliphatic heterocycles. The van der Waals surface area contributed by atoms with Gasteiger partial charge in [0, 0.05) is 42.1 Å². The van der Waals surface area contributed by atoms with Crippen molar-refractivity contribution >= 4 is 22.4 Å². The van der Waals surface area contributed by atoms with Gasteiger partial charge in [-0.15, -0.1) is 10.2 Å². The highest BCUT2D eigenvalue weighted by molar-refractivity contribution is 7.15. The van der Waals surface area contributed by atoms with Crippen LogP contribution < -0.4 is 15.6 Å². The molecular formula is C28H26F2N6O4S. The third-order valence-corrected chi connectivity index (χ3v) is 8.31. The van der Waals surface area contributed by atoms with E-state index in [0.29, 0.717) is 11.0 Å². The van der Waals surface area contributed by atoms with E-state index < -0.39 is 18.0 Å². The topological polar surface area (TPSA) is 121 Å². The number of pyridine rings is 3. The number of ether oxygens (including phenoxy) is 2. The zero-order chi connectivity index (χ0) is 28.7. The van der Waals surface area contributed by atoms with Crippen molar-refractivity contribution in [1.82, 2.24) is 24.7 Å². The zero-order valence-corrected chi connectivity index (χ0v) is 23.0. The molecule has 1 saturated carbocycles. The molecule has 1 N–H and O–H groups in total. The van der Waals surface area contributed by atoms with Crippen LogP contribution in [0.1, 0.15) is 58.2 Å². The van der Waals surface area contributed by atoms with Crippen LogP contribution in [0.5, 0.6) is 5.75 Å². The molecule has 1 amide bonds. The molecule has 4 aromatic rings. The number of hydrogen-bond acceptors (Lipinski definition) is 9. The number of aromatic nitrogens is 5. The molecule has 212 valence electrons. The van der Waals surface area contributed by atoms with Crippen LogP contribution in [0.2, 0.25) is 0 Å². The van der Waals surface area contributed by atoms with Crippen molar-refractivity contribution in [3.05, 3.63) is 75.0 Å². The van der Waals surface area contributed by atoms with Crippen LogP contribution in [0.3, 0.4) is 0 Å². The van der Waals surface area contributed by atoms with Crippen molar-refractivity contribution in [2.45, 2.75) is 44.6 Å². The van der Waals surface area contributed by atoms with E-state index in [2.05, 4.69) is 25.5 Å². The van der Waals surface area contributed by atoms with Crippen molar-refractivity contribution in [3.63, 3.8) is 0 Å². The van der Waals surface area contributed by atoms with E-state index in [1.807, 2.05) is 0 Å². The highest BCUT2D eigenvalue weighted by Gasteiger charge is 2.47. The number of carbonyl (C=O) groups excluding carboxylic acids is 1. The summed E-state index contributed by atoms with van der Waals surface area (Å²) in [4.78, 5) is 34.3. The first-order chi connectivity index (χ1) is 19.8. The van der Waals surface area contributed by atoms with Crippen molar-refractivity contribution in [3.8, 4) is 22.7 Å². The number of anilines is 1. The largest absolute Gasteiger partial charge is 0.494 e. The second kappa shape index (κ2) is 11.1. The molecule has 1 aliphatic carbocycles. The lowest BCUT2D eigenvalue weighted by molar-refractivity contribution is 0.0925. The molecule has 1 unspecified atom stereocenters. The first-order valence-electron chi connectivity index (χ1n) is 13.1. The van der Waals surface area contributed by atoms with Crippen molar-refractivity contribution < 1.29 is 23.0 Å². The molecule has 2 fully saturated rings. The lowest BCUT2D eigenvalue weighted by Crippen LogP contribution is -2.19. The summed E-state index contributed by atoms with van der Waals surface area (Å²) < 4.78 is 39.7. The fourth-order valence-corrected chi connectivity index (χ4v) is 6.08. The molecule has 13 heteroatoms. The van der Waals surface area contributed by atoms with Crippen LogP contribution in [0.15, 0.2) is 47.7 Å². The van der Waals surface area contributed by atoms with E-state index in [0.717, 1.165) is 36.4 Å². The molecule has 0 aromatic carbocycles. The Balaban J connectivity index is 1.35. The number of methoxy groups -OCH3 is 1. The summed E-state index contributed by atoms with van der Waals surface area (Å²) in [5.74, 6) is 0.488. The number of rotatable bonds is 8. The molecule has 4 aromatic heterocycles. The van der Waals surface area contributed by atoms with Crippen LogP contribution in [-0.2, 0) is 4.74 Å². The minimum absolute atomic E-state index is 0.0685. The number of alkyl halides is 2. The van der Waals surface area contributed by atoms with Gasteiger partial charge in [-0.25, -0.2) is 13.8 Å². The number of amides is 1. The number of nitrogens with zero attached hydrogens (tertiary/aromatic N) is 5. The van der Waals surface area contributed by atoms with Crippen molar-refractivity contribution in [2.24, 2.45) is 5.92 Å². The van der Waals surface area contributed by atoms with Gasteiger partial charge >= 0.3 is 0 Å². The van der Waals surface area contributed by atoms with Crippen molar-refractivity contribution in [2.75, 3.05) is 19.0 Å². The lowest BCUT2D eigenvalue weighted by Gasteiger charge is -2.15. The third-order valence-electron chi connectivity index (χ3n) is 7.34. The lowest BCUT2D eigenvalue weighted by atomic mass is 10.00. The Kier molecular flexibility index (Phi) is 7.30. The number of aryl methyl sites for hydroxylation is 1. The van der Waals surface area contributed by atoms with Crippen LogP contribution >= 0.6 is 11.3 Å². The fraction of sp³-hybridized carbons (Fsp3) is 0.357. The molecule has 0 radical (unpaired) electrons. The molecule has 41 heavy (non-hydrogen) atoms. The van der Waals surface area contributed by atoms with Gasteiger partial charge in [0.05, 0.1) is 25.0 Å². The Morgan fingerprint density at radius 1 is 1.20 bits per heavy atom. The molecule has 0 bridgehead atoms. The standard InChI is InChI=1S/C28H26F2N6O4S/c1-14-5-6-36(24(37)8-14)23-11-15(17-10-20(25(29)30)31-13-22(17)39-2)19(12-32-23)26(38)33-28-35-34-27(41-28)18-9-16(18)21-4-3-7-40-21/h5-6,8,10-13,16,18,21,25H,3-4,7,9H2,1-2H3,(H,33,35,38)/t16-,18?,21+/m0/s1. The van der Waals surface area contributed by atoms with E-state index in [-0.39, 0.29) is 45.8 Å². The molecule has 5 heterocycles. The van der Waals surface area contributed by atoms with Gasteiger partial charge in [0.1, 0.15) is 22.3 Å². The molecule has 2 aliphatic rings. The average Bonchev–Trinajstić information content (AvgIpc) is 3.32. The maximum atomic E-state index is 13.6. The highest BCUT2D eigenvalue weighted by Crippen LogP contribution is 2.53. The second-order valence-electron chi connectivity index (χ2n) is 10.1. The van der Waals surface area contributed by atoms with Crippen LogP contribution in [0, 0.1) is 12.8 Å². The molecular weight excluding hydrogens is 554 g/mol. The maximum Gasteiger partial charge on any atom is 0.280 e. The summed E-state index contributed by atoms with van der Waals surface area (Å²) in [5, 5.41) is 12.4. The fourth-order valence-electron chi connectivity index (χ4n) is 5.15. The molecule has 6 rings (SSSR count). The first kappa shape index (κ1) is 27.1. The maximum absolute atomic E-state index is 13.6. The van der Waals surface area contributed by atoms with E-state index >= 15 is 0 Å². The minimum Gasteiger partial charge on any atom is -0.494 e. The second-order valence-corrected chi connectivity index (χ2v) is 11.1. The number of halogens is 2. The predicted octanol–water partition coefficient (Wildman–Crippen LogP) is 4.94. The van der Waals surface area contributed by atoms with Gasteiger partial charge in [-0.3, -0.25) is 24.5 Å². The van der Waals surface area contributed by atoms with E-state index in [4.69, 9.17) is 9.47 Å². The quantitative estimate of drug-likeness (QED) is 0.311. The van der Waals surface area contributed by atoms with E-state index in [1.54, 1.807) is 19.2 Å². The Hall–Kier alpha value is -4.10. The summed E-state index contributed by atoms with van der Waals surface area (Å²) >= 11 is 1.30. The van der Waals surface area contributed by atoms with Gasteiger partial charge < -0.3 is 9.47 Å². The van der Waals surface area contributed by atoms with Crippen LogP contribution in [0.25, 0.3) is 16.9 Å². The van der Waals surface area contributed by atoms with Gasteiger partial charge in [0.25, 0.3) is 17.9 Å². The Bertz CT molecular complexity index is 1670. The molecule has 0 spiro atoms. The normalized spacial score (nSPS) is 19.9. The van der Waals surface area contributed by atoms with Gasteiger partial charge in [0.2, 0.25) is 5.13 Å². The van der Waals surface area contributed by atoms with Gasteiger partial charge in [-0.1, -0.05) is 11.3 Å². The summed E-state index contributed by atoms with van der Waals surface area (Å²) in [6.07, 6.45) is 4.54. The Labute approximate surface area is 237 Å². The molecule has 3 atom stereocenters. The van der Waals surface area contributed by atoms with Crippen molar-refractivity contribution in [1.29, 1.82) is 0 Å². The summed E-state index contributed by atoms with van der Waals surface area (Å²) in [5.41, 5.74) is 0.438. The van der Waals surface area contributed by atoms with Gasteiger partial charge in [0.15, 0.2) is 0 Å². The monoisotopic (exact) mass is 580 g/mol. The molecule has 1 saturated heterocycles. The number of carbonyl (C=O) groups is 1. The number of nitrogens with one attached hydrogen (secondary N) is 1. The van der Waals surface area contributed by atoms with Crippen LogP contribution in [-0.4, -0.2) is 50.5 Å². The first-order valence-corrected chi connectivity index (χ1v) is 13.9. The summed E-state index contributed by atoms with van der Waals surface area (Å²) in [7, 11) is 1.37. The average molecular weight is 581 g/mol. The SMILES string of the molecule is COc1cnc(C(F)F)cc1-c1cc(-n2ccc(C)cc2=O)ncc1C(=O)Nc1nnc(C2C[C@@H]2[C@H]2CCCO2)s1. The summed E-state index contributed by atoms with van der Waals surface area (Å²) in [6.45, 7) is 2.58. The Morgan fingerprint density at radius 2 is 2.05 bits per heavy atom. The van der Waals surface area contributed by atoms with Gasteiger partial charge in [-0.05, 0) is 55.9 Å². The summed E-state index contributed by atoms with van der Waals surface area (Å²) in [6, 6.07) is 5.83. The predicted molar refractivity (Wildman–Crippen MR) is 147 cm³/mol. The van der Waals surface area contributed by atoms with E-state index in [9.17, 15) is 18.4 Å². The zero-order valence-electron chi connectivity index (χ0n) is 22.2. The third kappa shape index (κ3) is 5.46.